The highest BCUT2D eigenvalue weighted by molar-refractivity contribution is 6.30. The van der Waals surface area contributed by atoms with Crippen molar-refractivity contribution in [1.29, 1.82) is 0 Å². The normalized spacial score (nSPS) is 19.3. The average molecular weight is 390 g/mol. The van der Waals surface area contributed by atoms with E-state index in [0.717, 1.165) is 6.07 Å². The van der Waals surface area contributed by atoms with E-state index < -0.39 is 35.9 Å². The maximum absolute atomic E-state index is 13.9. The Bertz CT molecular complexity index is 841. The predicted octanol–water partition coefficient (Wildman–Crippen LogP) is 3.01. The van der Waals surface area contributed by atoms with Gasteiger partial charge >= 0.3 is 12.3 Å². The largest absolute Gasteiger partial charge is 0.434 e. The summed E-state index contributed by atoms with van der Waals surface area (Å²) in [6, 6.07) is 5.00. The fourth-order valence-electron chi connectivity index (χ4n) is 2.53. The topological polar surface area (TPSA) is 93.5 Å². The van der Waals surface area contributed by atoms with Gasteiger partial charge in [0.2, 0.25) is 5.91 Å². The quantitative estimate of drug-likeness (QED) is 0.838. The zero-order valence-corrected chi connectivity index (χ0v) is 13.6. The minimum atomic E-state index is -5.01. The molecule has 1 atom stereocenters. The Hall–Kier alpha value is -2.75. The number of rotatable bonds is 4. The molecule has 1 unspecified atom stereocenters. The van der Waals surface area contributed by atoms with Crippen LogP contribution in [0.2, 0.25) is 5.02 Å². The van der Waals surface area contributed by atoms with Crippen molar-refractivity contribution in [1.82, 2.24) is 10.5 Å². The standard InChI is InChI=1S/C15H11ClF3N3O4/c16-8-1-2-11-10(5-8)14(15(17,18)19,25-13(24)22-11)7-20-12(23)6-9-3-4-21-26-9/h1-5H,6-7H2,(H,20,23)(H,22,24). The van der Waals surface area contributed by atoms with E-state index in [0.29, 0.717) is 0 Å². The Morgan fingerprint density at radius 1 is 1.35 bits per heavy atom. The second-order valence-electron chi connectivity index (χ2n) is 5.46. The maximum Gasteiger partial charge on any atom is 0.434 e. The van der Waals surface area contributed by atoms with Gasteiger partial charge in [-0.3, -0.25) is 10.1 Å². The SMILES string of the molecule is O=C(Cc1ccno1)NCC1(C(F)(F)F)OC(=O)Nc2ccc(Cl)cc21. The second-order valence-corrected chi connectivity index (χ2v) is 5.90. The van der Waals surface area contributed by atoms with Crippen LogP contribution in [0.4, 0.5) is 23.7 Å². The van der Waals surface area contributed by atoms with Gasteiger partial charge in [0.25, 0.3) is 5.60 Å². The number of benzene rings is 1. The molecule has 0 radical (unpaired) electrons. The Morgan fingerprint density at radius 3 is 2.77 bits per heavy atom. The Morgan fingerprint density at radius 2 is 2.12 bits per heavy atom. The van der Waals surface area contributed by atoms with E-state index in [-0.39, 0.29) is 22.9 Å². The van der Waals surface area contributed by atoms with Crippen LogP contribution in [0.5, 0.6) is 0 Å². The molecule has 1 aromatic heterocycles. The first-order chi connectivity index (χ1) is 12.2. The van der Waals surface area contributed by atoms with Gasteiger partial charge in [-0.25, -0.2) is 4.79 Å². The zero-order valence-electron chi connectivity index (χ0n) is 12.9. The highest BCUT2D eigenvalue weighted by atomic mass is 35.5. The third-order valence-electron chi connectivity index (χ3n) is 3.74. The van der Waals surface area contributed by atoms with Crippen molar-refractivity contribution in [3.63, 3.8) is 0 Å². The van der Waals surface area contributed by atoms with Crippen LogP contribution in [-0.4, -0.2) is 29.9 Å². The van der Waals surface area contributed by atoms with Crippen molar-refractivity contribution >= 4 is 29.3 Å². The molecule has 0 fully saturated rings. The number of aromatic nitrogens is 1. The van der Waals surface area contributed by atoms with Gasteiger partial charge in [-0.15, -0.1) is 0 Å². The monoisotopic (exact) mass is 389 g/mol. The number of amides is 2. The molecule has 7 nitrogen and oxygen atoms in total. The lowest BCUT2D eigenvalue weighted by atomic mass is 9.89. The van der Waals surface area contributed by atoms with E-state index in [1.807, 2.05) is 0 Å². The molecule has 2 N–H and O–H groups in total. The fraction of sp³-hybridized carbons (Fsp3) is 0.267. The van der Waals surface area contributed by atoms with Crippen molar-refractivity contribution in [2.75, 3.05) is 11.9 Å². The highest BCUT2D eigenvalue weighted by Gasteiger charge is 2.62. The average Bonchev–Trinajstić information content (AvgIpc) is 3.05. The maximum atomic E-state index is 13.9. The molecular formula is C15H11ClF3N3O4. The third kappa shape index (κ3) is 3.32. The van der Waals surface area contributed by atoms with Gasteiger partial charge < -0.3 is 14.6 Å². The Labute approximate surface area is 149 Å². The number of cyclic esters (lactones) is 1. The summed E-state index contributed by atoms with van der Waals surface area (Å²) in [6.45, 7) is -1.02. The zero-order chi connectivity index (χ0) is 18.9. The Kier molecular flexibility index (Phi) is 4.53. The molecule has 1 aliphatic rings. The van der Waals surface area contributed by atoms with Gasteiger partial charge in [0.1, 0.15) is 5.76 Å². The van der Waals surface area contributed by atoms with Gasteiger partial charge in [-0.2, -0.15) is 13.2 Å². The molecule has 2 aromatic rings. The van der Waals surface area contributed by atoms with Crippen LogP contribution < -0.4 is 10.6 Å². The summed E-state index contributed by atoms with van der Waals surface area (Å²) in [5.74, 6) is -0.585. The van der Waals surface area contributed by atoms with Crippen molar-refractivity contribution in [2.24, 2.45) is 0 Å². The molecule has 2 heterocycles. The summed E-state index contributed by atoms with van der Waals surface area (Å²) >= 11 is 5.81. The molecule has 0 spiro atoms. The second kappa shape index (κ2) is 6.52. The van der Waals surface area contributed by atoms with Gasteiger partial charge in [-0.05, 0) is 18.2 Å². The van der Waals surface area contributed by atoms with Crippen molar-refractivity contribution in [2.45, 2.75) is 18.2 Å². The summed E-state index contributed by atoms with van der Waals surface area (Å²) in [5.41, 5.74) is -3.59. The first-order valence-electron chi connectivity index (χ1n) is 7.24. The number of hydrogen-bond donors (Lipinski definition) is 2. The van der Waals surface area contributed by atoms with E-state index in [9.17, 15) is 22.8 Å². The summed E-state index contributed by atoms with van der Waals surface area (Å²) in [5, 5.41) is 7.73. The smallest absolute Gasteiger partial charge is 0.426 e. The molecule has 0 bridgehead atoms. The van der Waals surface area contributed by atoms with Crippen molar-refractivity contribution in [3.8, 4) is 0 Å². The van der Waals surface area contributed by atoms with Crippen LogP contribution in [0.25, 0.3) is 0 Å². The number of nitrogens with one attached hydrogen (secondary N) is 2. The minimum absolute atomic E-state index is 0.0186. The molecule has 26 heavy (non-hydrogen) atoms. The number of hydrogen-bond acceptors (Lipinski definition) is 5. The molecule has 1 aromatic carbocycles. The number of carbonyl (C=O) groups excluding carboxylic acids is 2. The number of nitrogens with zero attached hydrogens (tertiary/aromatic N) is 1. The van der Waals surface area contributed by atoms with Gasteiger partial charge in [0, 0.05) is 16.7 Å². The summed E-state index contributed by atoms with van der Waals surface area (Å²) < 4.78 is 51.0. The lowest BCUT2D eigenvalue weighted by Gasteiger charge is -2.39. The molecule has 138 valence electrons. The van der Waals surface area contributed by atoms with Gasteiger partial charge in [0.05, 0.1) is 24.8 Å². The van der Waals surface area contributed by atoms with E-state index in [1.165, 1.54) is 24.4 Å². The van der Waals surface area contributed by atoms with Crippen LogP contribution in [0, 0.1) is 0 Å². The number of carbonyl (C=O) groups is 2. The number of anilines is 1. The number of alkyl halides is 3. The van der Waals surface area contributed by atoms with Gasteiger partial charge in [0.15, 0.2) is 0 Å². The lowest BCUT2D eigenvalue weighted by molar-refractivity contribution is -0.262. The molecule has 2 amide bonds. The van der Waals surface area contributed by atoms with E-state index in [1.54, 1.807) is 0 Å². The molecule has 3 rings (SSSR count). The lowest BCUT2D eigenvalue weighted by Crippen LogP contribution is -2.56. The molecule has 0 saturated heterocycles. The van der Waals surface area contributed by atoms with Crippen LogP contribution in [0.3, 0.4) is 0 Å². The van der Waals surface area contributed by atoms with Crippen LogP contribution in [-0.2, 0) is 21.6 Å². The third-order valence-corrected chi connectivity index (χ3v) is 3.97. The van der Waals surface area contributed by atoms with Gasteiger partial charge in [-0.1, -0.05) is 16.8 Å². The highest BCUT2D eigenvalue weighted by Crippen LogP contribution is 2.47. The minimum Gasteiger partial charge on any atom is -0.426 e. The number of ether oxygens (including phenoxy) is 1. The Balaban J connectivity index is 1.92. The van der Waals surface area contributed by atoms with Crippen LogP contribution >= 0.6 is 11.6 Å². The molecule has 1 aliphatic heterocycles. The van der Waals surface area contributed by atoms with E-state index in [2.05, 4.69) is 20.5 Å². The summed E-state index contributed by atoms with van der Waals surface area (Å²) in [6.07, 6.45) is -5.32. The first-order valence-corrected chi connectivity index (χ1v) is 7.62. The number of halogens is 4. The van der Waals surface area contributed by atoms with Crippen molar-refractivity contribution in [3.05, 3.63) is 46.8 Å². The van der Waals surface area contributed by atoms with Crippen LogP contribution in [0.1, 0.15) is 11.3 Å². The molecule has 0 aliphatic carbocycles. The van der Waals surface area contributed by atoms with E-state index >= 15 is 0 Å². The molecular weight excluding hydrogens is 379 g/mol. The fourth-order valence-corrected chi connectivity index (χ4v) is 2.70. The van der Waals surface area contributed by atoms with Crippen molar-refractivity contribution < 1.29 is 32.0 Å². The summed E-state index contributed by atoms with van der Waals surface area (Å²) in [4.78, 5) is 23.6. The first kappa shape index (κ1) is 18.1. The predicted molar refractivity (Wildman–Crippen MR) is 82.5 cm³/mol. The van der Waals surface area contributed by atoms with E-state index in [4.69, 9.17) is 16.1 Å². The van der Waals surface area contributed by atoms with Crippen LogP contribution in [0.15, 0.2) is 35.0 Å². The summed E-state index contributed by atoms with van der Waals surface area (Å²) in [7, 11) is 0. The number of fused-ring (bicyclic) bond motifs is 1. The molecule has 11 heteroatoms. The molecule has 0 saturated carbocycles.